The van der Waals surface area contributed by atoms with E-state index in [-0.39, 0.29) is 4.77 Å². The molecule has 2 rings (SSSR count). The van der Waals surface area contributed by atoms with Crippen molar-refractivity contribution in [1.29, 1.82) is 5.26 Å². The van der Waals surface area contributed by atoms with Crippen LogP contribution in [-0.2, 0) is 0 Å². The van der Waals surface area contributed by atoms with Gasteiger partial charge in [-0.05, 0) is 30.4 Å². The molecule has 5 nitrogen and oxygen atoms in total. The fourth-order valence-electron chi connectivity index (χ4n) is 1.28. The predicted molar refractivity (Wildman–Crippen MR) is 61.3 cm³/mol. The summed E-state index contributed by atoms with van der Waals surface area (Å²) in [4.78, 5) is 11.5. The number of hydrogen-bond acceptors (Lipinski definition) is 3. The zero-order chi connectivity index (χ0) is 11.7. The Hall–Kier alpha value is -1.84. The third-order valence-electron chi connectivity index (χ3n) is 2.00. The molecule has 0 spiro atoms. The molecule has 0 fully saturated rings. The summed E-state index contributed by atoms with van der Waals surface area (Å²) in [7, 11) is 0. The minimum absolute atomic E-state index is 0.196. The molecule has 0 unspecified atom stereocenters. The lowest BCUT2D eigenvalue weighted by Crippen LogP contribution is -2.15. The van der Waals surface area contributed by atoms with E-state index >= 15 is 0 Å². The highest BCUT2D eigenvalue weighted by Gasteiger charge is 2.08. The van der Waals surface area contributed by atoms with E-state index in [9.17, 15) is 4.79 Å². The zero-order valence-electron chi connectivity index (χ0n) is 7.82. The average Bonchev–Trinajstić information content (AvgIpc) is 2.60. The first-order chi connectivity index (χ1) is 7.63. The van der Waals surface area contributed by atoms with Crippen LogP contribution in [0.25, 0.3) is 5.69 Å². The second-order valence-corrected chi connectivity index (χ2v) is 3.77. The van der Waals surface area contributed by atoms with Gasteiger partial charge in [-0.3, -0.25) is 5.10 Å². The first-order valence-corrected chi connectivity index (χ1v) is 5.02. The van der Waals surface area contributed by atoms with Crippen LogP contribution in [0.5, 0.6) is 0 Å². The van der Waals surface area contributed by atoms with Crippen LogP contribution in [-0.4, -0.2) is 14.8 Å². The van der Waals surface area contributed by atoms with E-state index in [1.807, 2.05) is 6.07 Å². The number of nitrogens with one attached hydrogen (secondary N) is 2. The fourth-order valence-corrected chi connectivity index (χ4v) is 1.72. The molecule has 2 aromatic rings. The van der Waals surface area contributed by atoms with Gasteiger partial charge in [-0.1, -0.05) is 11.6 Å². The summed E-state index contributed by atoms with van der Waals surface area (Å²) >= 11 is 10.9. The maximum Gasteiger partial charge on any atom is 0.347 e. The van der Waals surface area contributed by atoms with Crippen LogP contribution in [0.3, 0.4) is 0 Å². The van der Waals surface area contributed by atoms with Crippen LogP contribution in [0.1, 0.15) is 5.56 Å². The molecule has 0 saturated heterocycles. The quantitative estimate of drug-likeness (QED) is 0.759. The van der Waals surface area contributed by atoms with Gasteiger partial charge in [0.1, 0.15) is 0 Å². The SMILES string of the molecule is N#Cc1ccc(Cl)c(-n2c(=O)[nH][nH]c2=S)c1. The zero-order valence-corrected chi connectivity index (χ0v) is 9.39. The summed E-state index contributed by atoms with van der Waals surface area (Å²) in [5, 5.41) is 13.9. The highest BCUT2D eigenvalue weighted by Crippen LogP contribution is 2.20. The van der Waals surface area contributed by atoms with E-state index in [1.165, 1.54) is 10.6 Å². The van der Waals surface area contributed by atoms with E-state index in [1.54, 1.807) is 12.1 Å². The van der Waals surface area contributed by atoms with Crippen LogP contribution in [0.4, 0.5) is 0 Å². The molecule has 7 heteroatoms. The van der Waals surface area contributed by atoms with Gasteiger partial charge >= 0.3 is 5.69 Å². The lowest BCUT2D eigenvalue weighted by molar-refractivity contribution is 0.975. The van der Waals surface area contributed by atoms with E-state index in [4.69, 9.17) is 29.1 Å². The maximum absolute atomic E-state index is 11.5. The van der Waals surface area contributed by atoms with Crippen LogP contribution in [0.15, 0.2) is 23.0 Å². The van der Waals surface area contributed by atoms with Crippen LogP contribution < -0.4 is 5.69 Å². The summed E-state index contributed by atoms with van der Waals surface area (Å²) in [5.74, 6) is 0. The van der Waals surface area contributed by atoms with Gasteiger partial charge in [-0.25, -0.2) is 14.5 Å². The molecule has 0 amide bonds. The lowest BCUT2D eigenvalue weighted by atomic mass is 10.2. The molecule has 16 heavy (non-hydrogen) atoms. The van der Waals surface area contributed by atoms with E-state index < -0.39 is 5.69 Å². The first kappa shape index (κ1) is 10.7. The van der Waals surface area contributed by atoms with Crippen molar-refractivity contribution in [2.24, 2.45) is 0 Å². The Labute approximate surface area is 99.9 Å². The van der Waals surface area contributed by atoms with Crippen LogP contribution in [0, 0.1) is 16.1 Å². The Morgan fingerprint density at radius 3 is 2.75 bits per heavy atom. The number of rotatable bonds is 1. The number of halogens is 1. The van der Waals surface area contributed by atoms with Crippen molar-refractivity contribution >= 4 is 23.8 Å². The topological polar surface area (TPSA) is 77.4 Å². The smallest absolute Gasteiger partial charge is 0.272 e. The largest absolute Gasteiger partial charge is 0.347 e. The van der Waals surface area contributed by atoms with Crippen molar-refractivity contribution in [3.63, 3.8) is 0 Å². The Morgan fingerprint density at radius 2 is 2.19 bits per heavy atom. The van der Waals surface area contributed by atoms with Crippen LogP contribution >= 0.6 is 23.8 Å². The molecule has 0 aliphatic carbocycles. The standard InChI is InChI=1S/C9H5ClN4OS/c10-6-2-1-5(4-11)3-7(6)14-8(15)12-13-9(14)16/h1-3H,(H,12,15)(H,13,16). The number of nitrogens with zero attached hydrogens (tertiary/aromatic N) is 2. The summed E-state index contributed by atoms with van der Waals surface area (Å²) in [6, 6.07) is 6.58. The molecule has 0 bridgehead atoms. The molecule has 1 aromatic carbocycles. The van der Waals surface area contributed by atoms with Crippen molar-refractivity contribution in [2.45, 2.75) is 0 Å². The third kappa shape index (κ3) is 1.66. The van der Waals surface area contributed by atoms with E-state index in [0.717, 1.165) is 0 Å². The summed E-state index contributed by atoms with van der Waals surface area (Å²) in [6.45, 7) is 0. The third-order valence-corrected chi connectivity index (χ3v) is 2.60. The molecule has 1 heterocycles. The number of H-pyrrole nitrogens is 2. The van der Waals surface area contributed by atoms with E-state index in [2.05, 4.69) is 10.2 Å². The molecule has 0 aliphatic heterocycles. The first-order valence-electron chi connectivity index (χ1n) is 4.23. The van der Waals surface area contributed by atoms with E-state index in [0.29, 0.717) is 16.3 Å². The molecule has 2 N–H and O–H groups in total. The van der Waals surface area contributed by atoms with Gasteiger partial charge in [-0.2, -0.15) is 5.26 Å². The summed E-state index contributed by atoms with van der Waals surface area (Å²) in [6.07, 6.45) is 0. The van der Waals surface area contributed by atoms with Gasteiger partial charge in [-0.15, -0.1) is 0 Å². The van der Waals surface area contributed by atoms with Gasteiger partial charge in [0, 0.05) is 0 Å². The summed E-state index contributed by atoms with van der Waals surface area (Å²) < 4.78 is 1.39. The number of nitriles is 1. The average molecular weight is 253 g/mol. The van der Waals surface area contributed by atoms with Crippen molar-refractivity contribution in [3.05, 3.63) is 44.0 Å². The Balaban J connectivity index is 2.79. The maximum atomic E-state index is 11.5. The molecular formula is C9H5ClN4OS. The minimum Gasteiger partial charge on any atom is -0.272 e. The highest BCUT2D eigenvalue weighted by molar-refractivity contribution is 7.71. The lowest BCUT2D eigenvalue weighted by Gasteiger charge is -2.03. The van der Waals surface area contributed by atoms with Gasteiger partial charge < -0.3 is 0 Å². The molecule has 0 aliphatic rings. The van der Waals surface area contributed by atoms with Gasteiger partial charge in [0.05, 0.1) is 22.3 Å². The Kier molecular flexibility index (Phi) is 2.64. The minimum atomic E-state index is -0.429. The van der Waals surface area contributed by atoms with Gasteiger partial charge in [0.15, 0.2) is 0 Å². The fraction of sp³-hybridized carbons (Fsp3) is 0. The number of aromatic amines is 2. The van der Waals surface area contributed by atoms with Crippen molar-refractivity contribution < 1.29 is 0 Å². The number of aromatic nitrogens is 3. The van der Waals surface area contributed by atoms with Gasteiger partial charge in [0.2, 0.25) is 4.77 Å². The second-order valence-electron chi connectivity index (χ2n) is 2.97. The highest BCUT2D eigenvalue weighted by atomic mass is 35.5. The van der Waals surface area contributed by atoms with Gasteiger partial charge in [0.25, 0.3) is 0 Å². The predicted octanol–water partition coefficient (Wildman–Crippen LogP) is 1.75. The Bertz CT molecular complexity index is 663. The second kappa shape index (κ2) is 3.96. The normalized spacial score (nSPS) is 10.0. The molecule has 1 aromatic heterocycles. The number of hydrogen-bond donors (Lipinski definition) is 2. The molecule has 0 radical (unpaired) electrons. The molecular weight excluding hydrogens is 248 g/mol. The number of benzene rings is 1. The van der Waals surface area contributed by atoms with Crippen molar-refractivity contribution in [1.82, 2.24) is 14.8 Å². The van der Waals surface area contributed by atoms with Crippen molar-refractivity contribution in [3.8, 4) is 11.8 Å². The van der Waals surface area contributed by atoms with Crippen LogP contribution in [0.2, 0.25) is 5.02 Å². The monoisotopic (exact) mass is 252 g/mol. The van der Waals surface area contributed by atoms with Crippen molar-refractivity contribution in [2.75, 3.05) is 0 Å². The molecule has 80 valence electrons. The molecule has 0 saturated carbocycles. The Morgan fingerprint density at radius 1 is 1.44 bits per heavy atom. The molecule has 0 atom stereocenters. The summed E-state index contributed by atoms with van der Waals surface area (Å²) in [5.41, 5.74) is 0.358.